The zero-order valence-electron chi connectivity index (χ0n) is 22.2. The molecule has 0 unspecified atom stereocenters. The molecule has 0 aromatic heterocycles. The number of esters is 1. The van der Waals surface area contributed by atoms with Crippen molar-refractivity contribution < 1.29 is 19.1 Å². The maximum absolute atomic E-state index is 13.0. The van der Waals surface area contributed by atoms with Gasteiger partial charge in [0, 0.05) is 24.0 Å². The second-order valence-electron chi connectivity index (χ2n) is 8.87. The normalized spacial score (nSPS) is 11.1. The smallest absolute Gasteiger partial charge is 0.340 e. The molecule has 0 aliphatic carbocycles. The summed E-state index contributed by atoms with van der Waals surface area (Å²) in [7, 11) is 0. The molecule has 4 rings (SSSR count). The minimum Gasteiger partial charge on any atom is -0.462 e. The number of ether oxygens (including phenoxy) is 1. The maximum Gasteiger partial charge on any atom is 0.340 e. The molecular formula is C32H31N3O4. The molecule has 0 saturated carbocycles. The zero-order chi connectivity index (χ0) is 27.8. The van der Waals surface area contributed by atoms with Crippen LogP contribution in [0.2, 0.25) is 0 Å². The van der Waals surface area contributed by atoms with E-state index in [1.54, 1.807) is 24.0 Å². The summed E-state index contributed by atoms with van der Waals surface area (Å²) in [4.78, 5) is 40.2. The van der Waals surface area contributed by atoms with Gasteiger partial charge in [0.05, 0.1) is 17.9 Å². The third-order valence-corrected chi connectivity index (χ3v) is 6.21. The van der Waals surface area contributed by atoms with E-state index in [9.17, 15) is 14.4 Å². The summed E-state index contributed by atoms with van der Waals surface area (Å²) < 4.78 is 5.21. The minimum absolute atomic E-state index is 0.141. The number of rotatable bonds is 8. The maximum atomic E-state index is 13.0. The third-order valence-electron chi connectivity index (χ3n) is 6.21. The van der Waals surface area contributed by atoms with Crippen molar-refractivity contribution in [1.29, 1.82) is 0 Å². The number of amides is 3. The molecule has 198 valence electrons. The van der Waals surface area contributed by atoms with E-state index in [1.807, 2.05) is 86.6 Å². The Kier molecular flexibility index (Phi) is 8.74. The Bertz CT molecular complexity index is 1530. The van der Waals surface area contributed by atoms with E-state index in [1.165, 1.54) is 12.1 Å². The fourth-order valence-corrected chi connectivity index (χ4v) is 4.23. The first-order valence-electron chi connectivity index (χ1n) is 12.8. The SMILES string of the molecule is CCOC(=O)c1cc(NC(=O)N(CC)c2ccccc2)ccc1NC(=O)C=C(C)c1ccc2ccccc2c1. The van der Waals surface area contributed by atoms with Gasteiger partial charge < -0.3 is 15.4 Å². The van der Waals surface area contributed by atoms with Crippen LogP contribution in [-0.4, -0.2) is 31.1 Å². The Morgan fingerprint density at radius 2 is 1.54 bits per heavy atom. The van der Waals surface area contributed by atoms with E-state index in [0.29, 0.717) is 12.2 Å². The number of carbonyl (C=O) groups is 3. The number of anilines is 3. The van der Waals surface area contributed by atoms with Crippen molar-refractivity contribution >= 4 is 51.3 Å². The van der Waals surface area contributed by atoms with Crippen LogP contribution in [0.15, 0.2) is 97.1 Å². The summed E-state index contributed by atoms with van der Waals surface area (Å²) >= 11 is 0. The molecule has 4 aromatic rings. The van der Waals surface area contributed by atoms with Crippen molar-refractivity contribution in [2.45, 2.75) is 20.8 Å². The van der Waals surface area contributed by atoms with Gasteiger partial charge in [0.25, 0.3) is 0 Å². The fourth-order valence-electron chi connectivity index (χ4n) is 4.23. The molecule has 0 atom stereocenters. The Labute approximate surface area is 228 Å². The molecule has 3 amide bonds. The summed E-state index contributed by atoms with van der Waals surface area (Å²) in [5, 5.41) is 7.82. The quantitative estimate of drug-likeness (QED) is 0.191. The lowest BCUT2D eigenvalue weighted by molar-refractivity contribution is -0.111. The average molecular weight is 522 g/mol. The van der Waals surface area contributed by atoms with Gasteiger partial charge in [-0.05, 0) is 79.1 Å². The molecule has 2 N–H and O–H groups in total. The summed E-state index contributed by atoms with van der Waals surface area (Å²) in [5.74, 6) is -0.987. The van der Waals surface area contributed by atoms with E-state index < -0.39 is 5.97 Å². The highest BCUT2D eigenvalue weighted by Gasteiger charge is 2.18. The van der Waals surface area contributed by atoms with Crippen LogP contribution in [0.3, 0.4) is 0 Å². The predicted octanol–water partition coefficient (Wildman–Crippen LogP) is 7.12. The topological polar surface area (TPSA) is 87.7 Å². The van der Waals surface area contributed by atoms with Gasteiger partial charge in [0.15, 0.2) is 0 Å². The molecule has 0 radical (unpaired) electrons. The van der Waals surface area contributed by atoms with E-state index in [4.69, 9.17) is 4.74 Å². The first-order valence-corrected chi connectivity index (χ1v) is 12.8. The number of hydrogen-bond donors (Lipinski definition) is 2. The lowest BCUT2D eigenvalue weighted by Gasteiger charge is -2.22. The second-order valence-corrected chi connectivity index (χ2v) is 8.87. The number of nitrogens with one attached hydrogen (secondary N) is 2. The molecule has 39 heavy (non-hydrogen) atoms. The van der Waals surface area contributed by atoms with Crippen molar-refractivity contribution in [1.82, 2.24) is 0 Å². The Balaban J connectivity index is 1.55. The average Bonchev–Trinajstić information content (AvgIpc) is 2.94. The van der Waals surface area contributed by atoms with Crippen LogP contribution in [0, 0.1) is 0 Å². The van der Waals surface area contributed by atoms with Gasteiger partial charge in [0.1, 0.15) is 0 Å². The van der Waals surface area contributed by atoms with Gasteiger partial charge in [-0.2, -0.15) is 0 Å². The predicted molar refractivity (Wildman–Crippen MR) is 157 cm³/mol. The highest BCUT2D eigenvalue weighted by atomic mass is 16.5. The molecular weight excluding hydrogens is 490 g/mol. The summed E-state index contributed by atoms with van der Waals surface area (Å²) in [6.07, 6.45) is 1.49. The van der Waals surface area contributed by atoms with Gasteiger partial charge >= 0.3 is 12.0 Å². The number of fused-ring (bicyclic) bond motifs is 1. The number of urea groups is 1. The number of hydrogen-bond acceptors (Lipinski definition) is 4. The molecule has 0 bridgehead atoms. The second kappa shape index (κ2) is 12.6. The molecule has 7 nitrogen and oxygen atoms in total. The number of para-hydroxylation sites is 1. The fraction of sp³-hybridized carbons (Fsp3) is 0.156. The van der Waals surface area contributed by atoms with Gasteiger partial charge in [-0.25, -0.2) is 9.59 Å². The van der Waals surface area contributed by atoms with Crippen LogP contribution in [0.4, 0.5) is 21.9 Å². The standard InChI is InChI=1S/C32H31N3O4/c1-4-35(27-13-7-6-8-14-27)32(38)33-26-17-18-29(28(21-26)31(37)39-5-2)34-30(36)19-22(3)24-16-15-23-11-9-10-12-25(23)20-24/h6-21H,4-5H2,1-3H3,(H,33,38)(H,34,36). The monoisotopic (exact) mass is 521 g/mol. The molecule has 7 heteroatoms. The van der Waals surface area contributed by atoms with E-state index in [-0.39, 0.29) is 29.8 Å². The molecule has 4 aromatic carbocycles. The van der Waals surface area contributed by atoms with Crippen molar-refractivity contribution in [3.05, 3.63) is 108 Å². The molecule has 0 fully saturated rings. The van der Waals surface area contributed by atoms with Gasteiger partial charge in [-0.15, -0.1) is 0 Å². The van der Waals surface area contributed by atoms with E-state index in [2.05, 4.69) is 10.6 Å². The van der Waals surface area contributed by atoms with Gasteiger partial charge in [-0.1, -0.05) is 54.6 Å². The van der Waals surface area contributed by atoms with Crippen molar-refractivity contribution in [2.75, 3.05) is 28.7 Å². The van der Waals surface area contributed by atoms with Crippen LogP contribution in [0.25, 0.3) is 16.3 Å². The zero-order valence-corrected chi connectivity index (χ0v) is 22.2. The Morgan fingerprint density at radius 3 is 2.26 bits per heavy atom. The lowest BCUT2D eigenvalue weighted by Crippen LogP contribution is -2.34. The first-order chi connectivity index (χ1) is 18.9. The number of carbonyl (C=O) groups excluding carboxylic acids is 3. The number of allylic oxidation sites excluding steroid dienone is 1. The number of nitrogens with zero attached hydrogens (tertiary/aromatic N) is 1. The van der Waals surface area contributed by atoms with Crippen LogP contribution >= 0.6 is 0 Å². The van der Waals surface area contributed by atoms with Gasteiger partial charge in [0.2, 0.25) is 5.91 Å². The summed E-state index contributed by atoms with van der Waals surface area (Å²) in [6, 6.07) is 27.7. The largest absolute Gasteiger partial charge is 0.462 e. The van der Waals surface area contributed by atoms with Crippen LogP contribution in [0.1, 0.15) is 36.7 Å². The van der Waals surface area contributed by atoms with Crippen molar-refractivity contribution in [3.8, 4) is 0 Å². The third kappa shape index (κ3) is 6.70. The Hall–Kier alpha value is -4.91. The molecule has 0 spiro atoms. The highest BCUT2D eigenvalue weighted by Crippen LogP contribution is 2.25. The van der Waals surface area contributed by atoms with Crippen molar-refractivity contribution in [2.24, 2.45) is 0 Å². The lowest BCUT2D eigenvalue weighted by atomic mass is 10.0. The van der Waals surface area contributed by atoms with Crippen LogP contribution in [0.5, 0.6) is 0 Å². The van der Waals surface area contributed by atoms with Crippen LogP contribution in [-0.2, 0) is 9.53 Å². The molecule has 0 saturated heterocycles. The molecule has 0 aliphatic heterocycles. The summed E-state index contributed by atoms with van der Waals surface area (Å²) in [5.41, 5.74) is 3.28. The molecule has 0 aliphatic rings. The summed E-state index contributed by atoms with van der Waals surface area (Å²) in [6.45, 7) is 6.07. The number of benzene rings is 4. The van der Waals surface area contributed by atoms with E-state index >= 15 is 0 Å². The minimum atomic E-state index is -0.602. The highest BCUT2D eigenvalue weighted by molar-refractivity contribution is 6.09. The van der Waals surface area contributed by atoms with Crippen LogP contribution < -0.4 is 15.5 Å². The molecule has 0 heterocycles. The van der Waals surface area contributed by atoms with Gasteiger partial charge in [-0.3, -0.25) is 9.69 Å². The van der Waals surface area contributed by atoms with E-state index in [0.717, 1.165) is 27.6 Å². The first kappa shape index (κ1) is 27.1. The van der Waals surface area contributed by atoms with Crippen molar-refractivity contribution in [3.63, 3.8) is 0 Å². The Morgan fingerprint density at radius 1 is 0.821 bits per heavy atom.